The van der Waals surface area contributed by atoms with E-state index < -0.39 is 10.0 Å². The molecule has 1 unspecified atom stereocenters. The van der Waals surface area contributed by atoms with Crippen LogP contribution in [0.15, 0.2) is 58.8 Å². The summed E-state index contributed by atoms with van der Waals surface area (Å²) in [5, 5.41) is 13.9. The number of amides is 1. The van der Waals surface area contributed by atoms with Gasteiger partial charge in [-0.05, 0) is 55.7 Å². The van der Waals surface area contributed by atoms with Crippen LogP contribution >= 0.6 is 11.3 Å². The van der Waals surface area contributed by atoms with Crippen LogP contribution in [0.25, 0.3) is 11.3 Å². The summed E-state index contributed by atoms with van der Waals surface area (Å²) in [6.45, 7) is 2.55. The maximum Gasteiger partial charge on any atom is 0.257 e. The second-order valence-corrected chi connectivity index (χ2v) is 10.6. The first-order valence-electron chi connectivity index (χ1n) is 10.8. The molecule has 9 heteroatoms. The van der Waals surface area contributed by atoms with Crippen LogP contribution in [-0.4, -0.2) is 36.2 Å². The fourth-order valence-corrected chi connectivity index (χ4v) is 6.44. The van der Waals surface area contributed by atoms with Crippen LogP contribution in [0.5, 0.6) is 0 Å². The van der Waals surface area contributed by atoms with Gasteiger partial charge in [0.25, 0.3) is 5.91 Å². The molecule has 2 heterocycles. The first kappa shape index (κ1) is 23.1. The van der Waals surface area contributed by atoms with Gasteiger partial charge in [0.2, 0.25) is 10.0 Å². The van der Waals surface area contributed by atoms with E-state index in [2.05, 4.69) is 16.4 Å². The van der Waals surface area contributed by atoms with E-state index in [-0.39, 0.29) is 16.8 Å². The Balaban J connectivity index is 1.45. The number of thiazole rings is 1. The number of aromatic nitrogens is 1. The second-order valence-electron chi connectivity index (χ2n) is 7.88. The number of anilines is 1. The molecule has 0 aliphatic carbocycles. The summed E-state index contributed by atoms with van der Waals surface area (Å²) in [5.41, 5.74) is 2.48. The molecule has 7 nitrogen and oxygen atoms in total. The third kappa shape index (κ3) is 4.98. The molecule has 1 fully saturated rings. The van der Waals surface area contributed by atoms with Crippen LogP contribution in [0.2, 0.25) is 0 Å². The zero-order valence-electron chi connectivity index (χ0n) is 18.2. The Hall–Kier alpha value is -3.06. The van der Waals surface area contributed by atoms with Crippen molar-refractivity contribution in [3.05, 3.63) is 65.0 Å². The number of piperidine rings is 1. The summed E-state index contributed by atoms with van der Waals surface area (Å²) in [6.07, 6.45) is 3.59. The lowest BCUT2D eigenvalue weighted by Crippen LogP contribution is -2.43. The van der Waals surface area contributed by atoms with Crippen LogP contribution in [0, 0.1) is 11.3 Å². The SMILES string of the molecule is CCC1CCCCN1S(=O)(=O)c1ccc(C(=O)Nc2nc(-c3ccc(C#N)cc3)cs2)cc1. The molecule has 0 radical (unpaired) electrons. The predicted octanol–water partition coefficient (Wildman–Crippen LogP) is 4.89. The van der Waals surface area contributed by atoms with Crippen molar-refractivity contribution in [2.45, 2.75) is 43.5 Å². The van der Waals surface area contributed by atoms with Gasteiger partial charge < -0.3 is 0 Å². The van der Waals surface area contributed by atoms with E-state index in [1.165, 1.54) is 35.6 Å². The van der Waals surface area contributed by atoms with Crippen molar-refractivity contribution in [2.75, 3.05) is 11.9 Å². The lowest BCUT2D eigenvalue weighted by molar-refractivity contribution is 0.102. The zero-order chi connectivity index (χ0) is 23.4. The molecule has 2 aromatic carbocycles. The highest BCUT2D eigenvalue weighted by Gasteiger charge is 2.32. The Bertz CT molecular complexity index is 1280. The summed E-state index contributed by atoms with van der Waals surface area (Å²) in [6, 6.07) is 15.2. The fraction of sp³-hybridized carbons (Fsp3) is 0.292. The molecule has 170 valence electrons. The number of nitriles is 1. The van der Waals surface area contributed by atoms with Crippen LogP contribution in [-0.2, 0) is 10.0 Å². The first-order chi connectivity index (χ1) is 15.9. The molecule has 4 rings (SSSR count). The summed E-state index contributed by atoms with van der Waals surface area (Å²) in [4.78, 5) is 17.3. The summed E-state index contributed by atoms with van der Waals surface area (Å²) >= 11 is 1.30. The fourth-order valence-electron chi connectivity index (χ4n) is 3.96. The minimum atomic E-state index is -3.59. The van der Waals surface area contributed by atoms with E-state index in [9.17, 15) is 13.2 Å². The number of rotatable bonds is 6. The summed E-state index contributed by atoms with van der Waals surface area (Å²) in [5.74, 6) is -0.357. The van der Waals surface area contributed by atoms with Crippen molar-refractivity contribution < 1.29 is 13.2 Å². The number of hydrogen-bond acceptors (Lipinski definition) is 6. The van der Waals surface area contributed by atoms with Gasteiger partial charge >= 0.3 is 0 Å². The van der Waals surface area contributed by atoms with E-state index >= 15 is 0 Å². The zero-order valence-corrected chi connectivity index (χ0v) is 19.8. The Morgan fingerprint density at radius 2 is 1.91 bits per heavy atom. The van der Waals surface area contributed by atoms with Crippen molar-refractivity contribution in [3.8, 4) is 17.3 Å². The number of nitrogens with one attached hydrogen (secondary N) is 1. The van der Waals surface area contributed by atoms with Crippen molar-refractivity contribution in [3.63, 3.8) is 0 Å². The molecule has 1 amide bonds. The molecule has 1 saturated heterocycles. The summed E-state index contributed by atoms with van der Waals surface area (Å²) < 4.78 is 27.8. The van der Waals surface area contributed by atoms with E-state index in [1.807, 2.05) is 24.4 Å². The van der Waals surface area contributed by atoms with Gasteiger partial charge in [-0.2, -0.15) is 9.57 Å². The molecule has 1 aliphatic heterocycles. The number of carbonyl (C=O) groups excluding carboxylic acids is 1. The van der Waals surface area contributed by atoms with E-state index in [0.29, 0.717) is 28.5 Å². The average Bonchev–Trinajstić information content (AvgIpc) is 3.32. The van der Waals surface area contributed by atoms with Crippen LogP contribution in [0.1, 0.15) is 48.5 Å². The minimum Gasteiger partial charge on any atom is -0.298 e. The predicted molar refractivity (Wildman–Crippen MR) is 128 cm³/mol. The van der Waals surface area contributed by atoms with E-state index in [1.54, 1.807) is 16.4 Å². The number of benzene rings is 2. The van der Waals surface area contributed by atoms with Crippen LogP contribution in [0.3, 0.4) is 0 Å². The van der Waals surface area contributed by atoms with Gasteiger partial charge in [-0.1, -0.05) is 25.5 Å². The van der Waals surface area contributed by atoms with Crippen molar-refractivity contribution in [1.82, 2.24) is 9.29 Å². The van der Waals surface area contributed by atoms with Gasteiger partial charge in [-0.15, -0.1) is 11.3 Å². The quantitative estimate of drug-likeness (QED) is 0.541. The van der Waals surface area contributed by atoms with Gasteiger partial charge in [0.1, 0.15) is 0 Å². The van der Waals surface area contributed by atoms with E-state index in [4.69, 9.17) is 5.26 Å². The van der Waals surface area contributed by atoms with Crippen molar-refractivity contribution in [2.24, 2.45) is 0 Å². The van der Waals surface area contributed by atoms with Gasteiger partial charge in [-0.25, -0.2) is 13.4 Å². The molecule has 3 aromatic rings. The Morgan fingerprint density at radius 1 is 1.18 bits per heavy atom. The molecule has 0 saturated carbocycles. The maximum atomic E-state index is 13.1. The monoisotopic (exact) mass is 480 g/mol. The second kappa shape index (κ2) is 9.83. The minimum absolute atomic E-state index is 0.0296. The standard InChI is InChI=1S/C24H24N4O3S2/c1-2-20-5-3-4-14-28(20)33(30,31)21-12-10-19(11-13-21)23(29)27-24-26-22(16-32-24)18-8-6-17(15-25)7-9-18/h6-13,16,20H,2-5,14H2,1H3,(H,26,27,29). The molecule has 0 spiro atoms. The van der Waals surface area contributed by atoms with Crippen molar-refractivity contribution in [1.29, 1.82) is 5.26 Å². The Labute approximate surface area is 197 Å². The molecular formula is C24H24N4O3S2. The van der Waals surface area contributed by atoms with Gasteiger partial charge in [-0.3, -0.25) is 10.1 Å². The van der Waals surface area contributed by atoms with E-state index in [0.717, 1.165) is 31.2 Å². The Morgan fingerprint density at radius 3 is 2.58 bits per heavy atom. The Kier molecular flexibility index (Phi) is 6.88. The average molecular weight is 481 g/mol. The third-order valence-electron chi connectivity index (χ3n) is 5.80. The topological polar surface area (TPSA) is 103 Å². The normalized spacial score (nSPS) is 16.8. The van der Waals surface area contributed by atoms with Crippen molar-refractivity contribution >= 4 is 32.4 Å². The number of hydrogen-bond donors (Lipinski definition) is 1. The maximum absolute atomic E-state index is 13.1. The lowest BCUT2D eigenvalue weighted by Gasteiger charge is -2.34. The van der Waals surface area contributed by atoms with Crippen LogP contribution < -0.4 is 5.32 Å². The van der Waals surface area contributed by atoms with Crippen LogP contribution in [0.4, 0.5) is 5.13 Å². The molecule has 1 aliphatic rings. The lowest BCUT2D eigenvalue weighted by atomic mass is 10.0. The molecule has 1 aromatic heterocycles. The highest BCUT2D eigenvalue weighted by molar-refractivity contribution is 7.89. The highest BCUT2D eigenvalue weighted by Crippen LogP contribution is 2.28. The van der Waals surface area contributed by atoms with Gasteiger partial charge in [0.05, 0.1) is 22.2 Å². The number of sulfonamides is 1. The molecule has 1 atom stereocenters. The van der Waals surface area contributed by atoms with Gasteiger partial charge in [0, 0.05) is 29.1 Å². The highest BCUT2D eigenvalue weighted by atomic mass is 32.2. The first-order valence-corrected chi connectivity index (χ1v) is 13.1. The molecule has 33 heavy (non-hydrogen) atoms. The molecular weight excluding hydrogens is 456 g/mol. The smallest absolute Gasteiger partial charge is 0.257 e. The largest absolute Gasteiger partial charge is 0.298 e. The number of nitrogens with zero attached hydrogens (tertiary/aromatic N) is 3. The molecule has 1 N–H and O–H groups in total. The number of carbonyl (C=O) groups is 1. The van der Waals surface area contributed by atoms with Gasteiger partial charge in [0.15, 0.2) is 5.13 Å². The summed E-state index contributed by atoms with van der Waals surface area (Å²) in [7, 11) is -3.59. The molecule has 0 bridgehead atoms. The third-order valence-corrected chi connectivity index (χ3v) is 8.53.